The van der Waals surface area contributed by atoms with Gasteiger partial charge >= 0.3 is 0 Å². The molecule has 3 heteroatoms. The Kier molecular flexibility index (Phi) is 3.12. The summed E-state index contributed by atoms with van der Waals surface area (Å²) in [7, 11) is 1.61. The zero-order valence-corrected chi connectivity index (χ0v) is 12.7. The van der Waals surface area contributed by atoms with Crippen LogP contribution in [0.5, 0.6) is 5.75 Å². The summed E-state index contributed by atoms with van der Waals surface area (Å²) in [6, 6.07) is 21.1. The van der Waals surface area contributed by atoms with E-state index in [1.807, 2.05) is 36.4 Å². The summed E-state index contributed by atoms with van der Waals surface area (Å²) in [5.41, 5.74) is 3.46. The molecule has 1 N–H and O–H groups in total. The molecular weight excluding hydrogens is 286 g/mol. The van der Waals surface area contributed by atoms with Gasteiger partial charge in [-0.05, 0) is 48.5 Å². The van der Waals surface area contributed by atoms with Gasteiger partial charge in [-0.15, -0.1) is 0 Å². The molecule has 0 aliphatic heterocycles. The molecule has 0 radical (unpaired) electrons. The van der Waals surface area contributed by atoms with Gasteiger partial charge in [0.05, 0.1) is 7.11 Å². The van der Waals surface area contributed by atoms with Crippen molar-refractivity contribution in [2.24, 2.45) is 0 Å². The van der Waals surface area contributed by atoms with Crippen LogP contribution in [-0.2, 0) is 0 Å². The summed E-state index contributed by atoms with van der Waals surface area (Å²) < 4.78 is 5.13. The molecule has 0 saturated carbocycles. The molecule has 0 spiro atoms. The fourth-order valence-corrected chi connectivity index (χ4v) is 2.90. The molecule has 0 amide bonds. The van der Waals surface area contributed by atoms with E-state index in [9.17, 15) is 4.79 Å². The molecule has 0 aliphatic carbocycles. The molecule has 0 aliphatic rings. The minimum atomic E-state index is 0.0137. The van der Waals surface area contributed by atoms with Crippen LogP contribution in [-0.4, -0.2) is 17.9 Å². The molecule has 0 saturated heterocycles. The van der Waals surface area contributed by atoms with Crippen LogP contribution in [0.1, 0.15) is 15.9 Å². The molecule has 0 fully saturated rings. The van der Waals surface area contributed by atoms with Crippen molar-refractivity contribution in [1.29, 1.82) is 0 Å². The van der Waals surface area contributed by atoms with Gasteiger partial charge in [0.25, 0.3) is 0 Å². The maximum absolute atomic E-state index is 12.7. The normalized spacial score (nSPS) is 11.0. The van der Waals surface area contributed by atoms with E-state index in [-0.39, 0.29) is 5.78 Å². The lowest BCUT2D eigenvalue weighted by atomic mass is 10.0. The number of hydrogen-bond acceptors (Lipinski definition) is 2. The molecule has 23 heavy (non-hydrogen) atoms. The van der Waals surface area contributed by atoms with Gasteiger partial charge in [0.15, 0.2) is 5.78 Å². The maximum atomic E-state index is 12.7. The average Bonchev–Trinajstić information content (AvgIpc) is 2.99. The van der Waals surface area contributed by atoms with Gasteiger partial charge in [0.2, 0.25) is 0 Å². The number of carbonyl (C=O) groups excluding carboxylic acids is 1. The number of aromatic nitrogens is 1. The maximum Gasteiger partial charge on any atom is 0.193 e. The molecule has 1 aromatic heterocycles. The van der Waals surface area contributed by atoms with Crippen molar-refractivity contribution >= 4 is 27.6 Å². The Morgan fingerprint density at radius 2 is 1.52 bits per heavy atom. The summed E-state index contributed by atoms with van der Waals surface area (Å²) in [5, 5.41) is 2.20. The number of ketones is 1. The molecule has 4 aromatic rings. The van der Waals surface area contributed by atoms with Gasteiger partial charge in [-0.1, -0.05) is 18.2 Å². The highest BCUT2D eigenvalue weighted by Crippen LogP contribution is 2.27. The van der Waals surface area contributed by atoms with E-state index >= 15 is 0 Å². The number of methoxy groups -OCH3 is 1. The van der Waals surface area contributed by atoms with E-state index < -0.39 is 0 Å². The Hall–Kier alpha value is -3.07. The Labute approximate surface area is 133 Å². The van der Waals surface area contributed by atoms with Crippen molar-refractivity contribution in [3.05, 3.63) is 77.9 Å². The lowest BCUT2D eigenvalue weighted by Crippen LogP contribution is -2.00. The molecule has 3 nitrogen and oxygen atoms in total. The number of para-hydroxylation sites is 1. The number of nitrogens with one attached hydrogen (secondary N) is 1. The predicted molar refractivity (Wildman–Crippen MR) is 92.2 cm³/mol. The first-order valence-corrected chi connectivity index (χ1v) is 7.45. The molecule has 0 atom stereocenters. The number of fused-ring (bicyclic) bond motifs is 3. The van der Waals surface area contributed by atoms with Crippen molar-refractivity contribution in [1.82, 2.24) is 4.98 Å². The van der Waals surface area contributed by atoms with Crippen LogP contribution in [0.15, 0.2) is 66.7 Å². The van der Waals surface area contributed by atoms with Gasteiger partial charge < -0.3 is 9.72 Å². The van der Waals surface area contributed by atoms with Gasteiger partial charge in [-0.25, -0.2) is 0 Å². The third-order valence-corrected chi connectivity index (χ3v) is 4.12. The van der Waals surface area contributed by atoms with Crippen molar-refractivity contribution in [3.63, 3.8) is 0 Å². The average molecular weight is 301 g/mol. The van der Waals surface area contributed by atoms with E-state index in [1.54, 1.807) is 31.4 Å². The Morgan fingerprint density at radius 1 is 0.826 bits per heavy atom. The highest BCUT2D eigenvalue weighted by Gasteiger charge is 2.12. The SMILES string of the molecule is COc1ccc(C(=O)c2ccc3[nH]c4ccccc4c3c2)cc1. The number of hydrogen-bond donors (Lipinski definition) is 1. The summed E-state index contributed by atoms with van der Waals surface area (Å²) in [4.78, 5) is 16.1. The smallest absolute Gasteiger partial charge is 0.193 e. The second kappa shape index (κ2) is 5.29. The Morgan fingerprint density at radius 3 is 2.30 bits per heavy atom. The second-order valence-corrected chi connectivity index (χ2v) is 5.49. The highest BCUT2D eigenvalue weighted by atomic mass is 16.5. The number of benzene rings is 3. The zero-order valence-electron chi connectivity index (χ0n) is 12.7. The first-order valence-electron chi connectivity index (χ1n) is 7.45. The van der Waals surface area contributed by atoms with E-state index in [0.29, 0.717) is 11.1 Å². The van der Waals surface area contributed by atoms with Gasteiger partial charge in [-0.3, -0.25) is 4.79 Å². The first-order chi connectivity index (χ1) is 11.3. The van der Waals surface area contributed by atoms with E-state index in [1.165, 1.54) is 0 Å². The number of carbonyl (C=O) groups is 1. The Bertz CT molecular complexity index is 1010. The monoisotopic (exact) mass is 301 g/mol. The summed E-state index contributed by atoms with van der Waals surface area (Å²) >= 11 is 0. The molecular formula is C20H15NO2. The van der Waals surface area contributed by atoms with E-state index in [0.717, 1.165) is 27.6 Å². The highest BCUT2D eigenvalue weighted by molar-refractivity contribution is 6.14. The lowest BCUT2D eigenvalue weighted by Gasteiger charge is -2.04. The van der Waals surface area contributed by atoms with Crippen molar-refractivity contribution in [3.8, 4) is 5.75 Å². The van der Waals surface area contributed by atoms with Crippen LogP contribution in [0.3, 0.4) is 0 Å². The first kappa shape index (κ1) is 13.6. The fourth-order valence-electron chi connectivity index (χ4n) is 2.90. The topological polar surface area (TPSA) is 42.1 Å². The zero-order chi connectivity index (χ0) is 15.8. The van der Waals surface area contributed by atoms with Crippen LogP contribution >= 0.6 is 0 Å². The number of H-pyrrole nitrogens is 1. The van der Waals surface area contributed by atoms with Crippen LogP contribution in [0.25, 0.3) is 21.8 Å². The van der Waals surface area contributed by atoms with Gasteiger partial charge in [-0.2, -0.15) is 0 Å². The second-order valence-electron chi connectivity index (χ2n) is 5.49. The summed E-state index contributed by atoms with van der Waals surface area (Å²) in [5.74, 6) is 0.758. The van der Waals surface area contributed by atoms with Crippen LogP contribution in [0.2, 0.25) is 0 Å². The number of rotatable bonds is 3. The molecule has 3 aromatic carbocycles. The third kappa shape index (κ3) is 2.27. The largest absolute Gasteiger partial charge is 0.497 e. The minimum Gasteiger partial charge on any atom is -0.497 e. The lowest BCUT2D eigenvalue weighted by molar-refractivity contribution is 0.103. The molecule has 112 valence electrons. The van der Waals surface area contributed by atoms with E-state index in [2.05, 4.69) is 11.1 Å². The molecule has 0 bridgehead atoms. The minimum absolute atomic E-state index is 0.0137. The molecule has 1 heterocycles. The van der Waals surface area contributed by atoms with Gasteiger partial charge in [0, 0.05) is 32.9 Å². The Balaban J connectivity index is 1.81. The number of aromatic amines is 1. The fraction of sp³-hybridized carbons (Fsp3) is 0.0500. The van der Waals surface area contributed by atoms with Crippen LogP contribution < -0.4 is 4.74 Å². The molecule has 4 rings (SSSR count). The van der Waals surface area contributed by atoms with Crippen molar-refractivity contribution in [2.45, 2.75) is 0 Å². The van der Waals surface area contributed by atoms with Crippen LogP contribution in [0.4, 0.5) is 0 Å². The summed E-state index contributed by atoms with van der Waals surface area (Å²) in [6.45, 7) is 0. The summed E-state index contributed by atoms with van der Waals surface area (Å²) in [6.07, 6.45) is 0. The number of ether oxygens (including phenoxy) is 1. The van der Waals surface area contributed by atoms with Gasteiger partial charge in [0.1, 0.15) is 5.75 Å². The standard InChI is InChI=1S/C20H15NO2/c1-23-15-9-6-13(7-10-15)20(22)14-8-11-19-17(12-14)16-4-2-3-5-18(16)21-19/h2-12,21H,1H3. The van der Waals surface area contributed by atoms with Crippen molar-refractivity contribution < 1.29 is 9.53 Å². The predicted octanol–water partition coefficient (Wildman–Crippen LogP) is 4.56. The van der Waals surface area contributed by atoms with Crippen molar-refractivity contribution in [2.75, 3.05) is 7.11 Å². The quantitative estimate of drug-likeness (QED) is 0.564. The molecule has 0 unspecified atom stereocenters. The van der Waals surface area contributed by atoms with E-state index in [4.69, 9.17) is 4.74 Å². The third-order valence-electron chi connectivity index (χ3n) is 4.12. The van der Waals surface area contributed by atoms with Crippen LogP contribution in [0, 0.1) is 0 Å².